The van der Waals surface area contributed by atoms with Gasteiger partial charge in [-0.05, 0) is 31.5 Å². The Balaban J connectivity index is 1.62. The molecule has 3 rings (SSSR count). The third-order valence-electron chi connectivity index (χ3n) is 3.84. The van der Waals surface area contributed by atoms with E-state index in [1.54, 1.807) is 6.20 Å². The molecule has 2 heterocycles. The molecule has 0 unspecified atom stereocenters. The number of hydrogen-bond acceptors (Lipinski definition) is 6. The lowest BCUT2D eigenvalue weighted by molar-refractivity contribution is 0.000341. The van der Waals surface area contributed by atoms with Crippen LogP contribution in [-0.2, 0) is 4.74 Å². The third kappa shape index (κ3) is 5.14. The molecule has 1 aliphatic rings. The lowest BCUT2D eigenvalue weighted by atomic mass is 10.2. The molecule has 1 fully saturated rings. The van der Waals surface area contributed by atoms with E-state index < -0.39 is 6.03 Å². The number of carbonyl (C=O) groups is 1. The summed E-state index contributed by atoms with van der Waals surface area (Å²) in [6.45, 7) is 6.50. The van der Waals surface area contributed by atoms with Crippen LogP contribution in [0.25, 0.3) is 0 Å². The molecule has 1 aromatic heterocycles. The zero-order valence-corrected chi connectivity index (χ0v) is 14.9. The second-order valence-corrected chi connectivity index (χ2v) is 6.13. The Morgan fingerprint density at radius 1 is 1.31 bits per heavy atom. The summed E-state index contributed by atoms with van der Waals surface area (Å²) in [4.78, 5) is 20.4. The van der Waals surface area contributed by atoms with E-state index in [0.29, 0.717) is 30.5 Å². The number of aromatic nitrogens is 2. The van der Waals surface area contributed by atoms with E-state index in [-0.39, 0.29) is 6.10 Å². The van der Waals surface area contributed by atoms with Gasteiger partial charge in [0.1, 0.15) is 18.5 Å². The van der Waals surface area contributed by atoms with Gasteiger partial charge in [-0.3, -0.25) is 10.3 Å². The van der Waals surface area contributed by atoms with Crippen molar-refractivity contribution in [3.8, 4) is 5.75 Å². The van der Waals surface area contributed by atoms with Crippen molar-refractivity contribution in [2.75, 3.05) is 36.9 Å². The molecule has 1 aromatic carbocycles. The summed E-state index contributed by atoms with van der Waals surface area (Å²) in [6.07, 6.45) is 3.09. The SMILES string of the molecule is Cc1ccc(NC(=O)Nc2cnc(C)cn2)c(OC[C@@H]2CNCCO2)c1. The van der Waals surface area contributed by atoms with Gasteiger partial charge < -0.3 is 20.1 Å². The summed E-state index contributed by atoms with van der Waals surface area (Å²) in [5.74, 6) is 0.980. The molecule has 0 radical (unpaired) electrons. The zero-order chi connectivity index (χ0) is 18.4. The van der Waals surface area contributed by atoms with E-state index in [1.165, 1.54) is 6.20 Å². The molecule has 1 aliphatic heterocycles. The first-order valence-electron chi connectivity index (χ1n) is 8.52. The number of anilines is 2. The largest absolute Gasteiger partial charge is 0.489 e. The highest BCUT2D eigenvalue weighted by Crippen LogP contribution is 2.26. The zero-order valence-electron chi connectivity index (χ0n) is 14.9. The Morgan fingerprint density at radius 3 is 2.92 bits per heavy atom. The maximum atomic E-state index is 12.2. The quantitative estimate of drug-likeness (QED) is 0.758. The number of morpholine rings is 1. The predicted molar refractivity (Wildman–Crippen MR) is 98.7 cm³/mol. The van der Waals surface area contributed by atoms with Crippen LogP contribution in [0.1, 0.15) is 11.3 Å². The number of benzene rings is 1. The van der Waals surface area contributed by atoms with Gasteiger partial charge in [-0.25, -0.2) is 9.78 Å². The lowest BCUT2D eigenvalue weighted by Crippen LogP contribution is -2.41. The fourth-order valence-corrected chi connectivity index (χ4v) is 2.49. The van der Waals surface area contributed by atoms with Gasteiger partial charge in [0.05, 0.1) is 30.4 Å². The molecular weight excluding hydrogens is 334 g/mol. The number of amides is 2. The van der Waals surface area contributed by atoms with Crippen LogP contribution in [0.15, 0.2) is 30.6 Å². The van der Waals surface area contributed by atoms with Gasteiger partial charge in [-0.15, -0.1) is 0 Å². The van der Waals surface area contributed by atoms with Crippen molar-refractivity contribution >= 4 is 17.5 Å². The van der Waals surface area contributed by atoms with Crippen molar-refractivity contribution in [3.05, 3.63) is 41.9 Å². The second-order valence-electron chi connectivity index (χ2n) is 6.13. The number of aryl methyl sites for hydroxylation is 2. The Morgan fingerprint density at radius 2 is 2.19 bits per heavy atom. The highest BCUT2D eigenvalue weighted by Gasteiger charge is 2.16. The summed E-state index contributed by atoms with van der Waals surface area (Å²) in [5, 5.41) is 8.70. The fraction of sp³-hybridized carbons (Fsp3) is 0.389. The predicted octanol–water partition coefficient (Wildman–Crippen LogP) is 2.10. The molecule has 8 nitrogen and oxygen atoms in total. The first-order valence-corrected chi connectivity index (χ1v) is 8.52. The number of rotatable bonds is 5. The molecule has 26 heavy (non-hydrogen) atoms. The number of urea groups is 1. The minimum absolute atomic E-state index is 0.00577. The van der Waals surface area contributed by atoms with Crippen LogP contribution < -0.4 is 20.7 Å². The topological polar surface area (TPSA) is 97.4 Å². The molecule has 2 amide bonds. The van der Waals surface area contributed by atoms with Crippen LogP contribution >= 0.6 is 0 Å². The highest BCUT2D eigenvalue weighted by atomic mass is 16.5. The maximum Gasteiger partial charge on any atom is 0.324 e. The summed E-state index contributed by atoms with van der Waals surface area (Å²) >= 11 is 0. The van der Waals surface area contributed by atoms with Crippen molar-refractivity contribution in [2.24, 2.45) is 0 Å². The molecule has 1 saturated heterocycles. The van der Waals surface area contributed by atoms with E-state index in [0.717, 1.165) is 24.3 Å². The highest BCUT2D eigenvalue weighted by molar-refractivity contribution is 6.00. The molecule has 1 atom stereocenters. The van der Waals surface area contributed by atoms with Crippen molar-refractivity contribution in [2.45, 2.75) is 20.0 Å². The fourth-order valence-electron chi connectivity index (χ4n) is 2.49. The smallest absolute Gasteiger partial charge is 0.324 e. The van der Waals surface area contributed by atoms with Crippen LogP contribution in [0.5, 0.6) is 5.75 Å². The number of hydrogen-bond donors (Lipinski definition) is 3. The average molecular weight is 357 g/mol. The van der Waals surface area contributed by atoms with Crippen molar-refractivity contribution < 1.29 is 14.3 Å². The van der Waals surface area contributed by atoms with Gasteiger partial charge in [0.2, 0.25) is 0 Å². The van der Waals surface area contributed by atoms with Crippen LogP contribution in [0.2, 0.25) is 0 Å². The number of carbonyl (C=O) groups excluding carboxylic acids is 1. The molecule has 8 heteroatoms. The Hall–Kier alpha value is -2.71. The Labute approximate surface area is 152 Å². The number of nitrogens with zero attached hydrogens (tertiary/aromatic N) is 2. The van der Waals surface area contributed by atoms with Crippen LogP contribution in [0, 0.1) is 13.8 Å². The first kappa shape index (κ1) is 18.1. The minimum atomic E-state index is -0.410. The second kappa shape index (κ2) is 8.59. The van der Waals surface area contributed by atoms with Gasteiger partial charge >= 0.3 is 6.03 Å². The molecule has 0 saturated carbocycles. The average Bonchev–Trinajstić information content (AvgIpc) is 2.64. The number of ether oxygens (including phenoxy) is 2. The molecular formula is C18H23N5O3. The standard InChI is InChI=1S/C18H23N5O3/c1-12-3-4-15(16(7-12)26-11-14-9-19-5-6-25-14)22-18(24)23-17-10-20-13(2)8-21-17/h3-4,7-8,10,14,19H,5-6,9,11H2,1-2H3,(H2,21,22,23,24)/t14-/m0/s1. The van der Waals surface area contributed by atoms with Gasteiger partial charge in [-0.1, -0.05) is 6.07 Å². The first-order chi connectivity index (χ1) is 12.6. The van der Waals surface area contributed by atoms with Crippen LogP contribution in [0.3, 0.4) is 0 Å². The molecule has 2 aromatic rings. The molecule has 0 spiro atoms. The number of nitrogens with one attached hydrogen (secondary N) is 3. The van der Waals surface area contributed by atoms with E-state index in [9.17, 15) is 4.79 Å². The maximum absolute atomic E-state index is 12.2. The van der Waals surface area contributed by atoms with Crippen molar-refractivity contribution in [3.63, 3.8) is 0 Å². The molecule has 138 valence electrons. The summed E-state index contributed by atoms with van der Waals surface area (Å²) < 4.78 is 11.5. The Kier molecular flexibility index (Phi) is 5.98. The van der Waals surface area contributed by atoms with E-state index >= 15 is 0 Å². The van der Waals surface area contributed by atoms with Gasteiger partial charge in [0.15, 0.2) is 5.82 Å². The summed E-state index contributed by atoms with van der Waals surface area (Å²) in [7, 11) is 0. The van der Waals surface area contributed by atoms with Gasteiger partial charge in [-0.2, -0.15) is 0 Å². The van der Waals surface area contributed by atoms with Crippen LogP contribution in [0.4, 0.5) is 16.3 Å². The van der Waals surface area contributed by atoms with Crippen LogP contribution in [-0.4, -0.2) is 48.4 Å². The summed E-state index contributed by atoms with van der Waals surface area (Å²) in [6, 6.07) is 5.20. The van der Waals surface area contributed by atoms with Crippen molar-refractivity contribution in [1.29, 1.82) is 0 Å². The molecule has 3 N–H and O–H groups in total. The minimum Gasteiger partial charge on any atom is -0.489 e. The lowest BCUT2D eigenvalue weighted by Gasteiger charge is -2.24. The van der Waals surface area contributed by atoms with E-state index in [2.05, 4.69) is 25.9 Å². The monoisotopic (exact) mass is 357 g/mol. The molecule has 0 bridgehead atoms. The third-order valence-corrected chi connectivity index (χ3v) is 3.84. The van der Waals surface area contributed by atoms with Crippen molar-refractivity contribution in [1.82, 2.24) is 15.3 Å². The summed E-state index contributed by atoms with van der Waals surface area (Å²) in [5.41, 5.74) is 2.40. The molecule has 0 aliphatic carbocycles. The Bertz CT molecular complexity index is 745. The van der Waals surface area contributed by atoms with Gasteiger partial charge in [0.25, 0.3) is 0 Å². The van der Waals surface area contributed by atoms with E-state index in [4.69, 9.17) is 9.47 Å². The van der Waals surface area contributed by atoms with Gasteiger partial charge in [0, 0.05) is 13.1 Å². The normalized spacial score (nSPS) is 16.8. The van der Waals surface area contributed by atoms with E-state index in [1.807, 2.05) is 32.0 Å².